The predicted octanol–water partition coefficient (Wildman–Crippen LogP) is -3.61. The molecule has 3 saturated heterocycles. The molecule has 3 fully saturated rings. The molecule has 31 unspecified atom stereocenters. The molecule has 37 N–H and O–H groups in total. The molecule has 0 saturated carbocycles. The van der Waals surface area contributed by atoms with Crippen molar-refractivity contribution >= 4 is 10.1 Å². The zero-order valence-electron chi connectivity index (χ0n) is 84.7. The lowest BCUT2D eigenvalue weighted by Crippen LogP contribution is -2.59. The molecular formula is C104H178O42S. The highest BCUT2D eigenvalue weighted by atomic mass is 32.2. The molecule has 0 radical (unpaired) electrons. The molecule has 0 bridgehead atoms. The van der Waals surface area contributed by atoms with Gasteiger partial charge in [0.2, 0.25) is 0 Å². The average molecular weight is 2130 g/mol. The van der Waals surface area contributed by atoms with Gasteiger partial charge in [0, 0.05) is 50.4 Å². The largest absolute Gasteiger partial charge is 0.393 e. The van der Waals surface area contributed by atoms with E-state index in [-0.39, 0.29) is 145 Å². The average Bonchev–Trinajstić information content (AvgIpc) is 0.808. The minimum atomic E-state index is -4.01. The van der Waals surface area contributed by atoms with Crippen LogP contribution in [0.15, 0.2) is 157 Å². The summed E-state index contributed by atoms with van der Waals surface area (Å²) in [7, 11) is -4.01. The number of unbranched alkanes of at least 4 members (excludes halogenated alkanes) is 3. The Morgan fingerprint density at radius 1 is 0.340 bits per heavy atom. The first-order valence-corrected chi connectivity index (χ1v) is 52.6. The topological polar surface area (TPSA) is 810 Å². The first-order valence-electron chi connectivity index (χ1n) is 51.0. The van der Waals surface area contributed by atoms with Gasteiger partial charge in [-0.2, -0.15) is 8.42 Å². The van der Waals surface area contributed by atoms with Gasteiger partial charge in [-0.3, -0.25) is 4.55 Å². The van der Waals surface area contributed by atoms with Gasteiger partial charge in [0.25, 0.3) is 10.1 Å². The van der Waals surface area contributed by atoms with E-state index in [1.165, 1.54) is 93.7 Å². The molecule has 0 aromatic rings. The van der Waals surface area contributed by atoms with Crippen LogP contribution in [0.1, 0.15) is 214 Å². The molecule has 43 heteroatoms. The van der Waals surface area contributed by atoms with Crippen molar-refractivity contribution in [2.24, 2.45) is 11.8 Å². The van der Waals surface area contributed by atoms with Gasteiger partial charge in [-0.25, -0.2) is 0 Å². The first kappa shape index (κ1) is 136. The fourth-order valence-corrected chi connectivity index (χ4v) is 17.9. The van der Waals surface area contributed by atoms with Gasteiger partial charge in [0.15, 0.2) is 0 Å². The van der Waals surface area contributed by atoms with E-state index in [1.807, 2.05) is 0 Å². The molecule has 0 aromatic heterocycles. The van der Waals surface area contributed by atoms with Crippen LogP contribution in [-0.4, -0.2) is 459 Å². The predicted molar refractivity (Wildman–Crippen MR) is 540 cm³/mol. The maximum absolute atomic E-state index is 11.2. The number of rotatable bonds is 75. The number of aliphatic hydroxyl groups excluding tert-OH is 36. The van der Waals surface area contributed by atoms with Crippen molar-refractivity contribution in [2.75, 3.05) is 5.75 Å². The van der Waals surface area contributed by atoms with Crippen LogP contribution >= 0.6 is 0 Å². The van der Waals surface area contributed by atoms with E-state index < -0.39 is 298 Å². The molecule has 3 heterocycles. The summed E-state index contributed by atoms with van der Waals surface area (Å²) in [6, 6.07) is 0. The van der Waals surface area contributed by atoms with Crippen LogP contribution in [0.4, 0.5) is 0 Å². The Labute approximate surface area is 862 Å². The highest BCUT2D eigenvalue weighted by Crippen LogP contribution is 2.35. The molecule has 147 heavy (non-hydrogen) atoms. The summed E-state index contributed by atoms with van der Waals surface area (Å²) >= 11 is 0. The van der Waals surface area contributed by atoms with Gasteiger partial charge in [-0.1, -0.05) is 160 Å². The molecule has 42 nitrogen and oxygen atoms in total. The van der Waals surface area contributed by atoms with E-state index in [0.717, 1.165) is 0 Å². The minimum absolute atomic E-state index is 0.0206. The Morgan fingerprint density at radius 2 is 0.714 bits per heavy atom. The Hall–Kier alpha value is -5.03. The van der Waals surface area contributed by atoms with Crippen molar-refractivity contribution < 1.29 is 211 Å². The fourth-order valence-electron chi connectivity index (χ4n) is 17.3. The normalized spacial score (nSPS) is 27.7. The van der Waals surface area contributed by atoms with Gasteiger partial charge < -0.3 is 198 Å². The summed E-state index contributed by atoms with van der Waals surface area (Å²) in [5.74, 6) is -2.52. The quantitative estimate of drug-likeness (QED) is 0.0121. The van der Waals surface area contributed by atoms with Gasteiger partial charge in [0.1, 0.15) is 97.7 Å². The fraction of sp³-hybridized carbons (Fsp3) is 0.750. The number of aliphatic hydroxyl groups is 36. The lowest BCUT2D eigenvalue weighted by Gasteiger charge is -2.42. The van der Waals surface area contributed by atoms with Crippen LogP contribution < -0.4 is 0 Å². The van der Waals surface area contributed by atoms with Crippen molar-refractivity contribution in [2.45, 2.75) is 470 Å². The Balaban J connectivity index is 1.35. The molecule has 852 valence electrons. The molecule has 0 amide bonds. The highest BCUT2D eigenvalue weighted by molar-refractivity contribution is 7.85. The summed E-state index contributed by atoms with van der Waals surface area (Å²) in [5.41, 5.74) is 0.658. The SMILES string of the molecule is C=CCCC(O)/C=C/C=C/C(O)CC/C=C/C(O)[C@H](O)[C@@H]1O[C@@H](C(O)C(O)C(=C)CCC(O)[C@H]2C[C@@H](O)[C@@H](O)[C@H](C(O)C(O)/C=C(\C)CCC(O)CC(O)C(O)C(C)C(O)C(O)C/C=C/CC(O)/C=C/CC(O)CC/C=C/C(O)C(O)CC(O)C(O)C(O)C(=C)CCC(O)[C@H]3C[C@@H](O)[C@@H](O)[C@H](C(O)C(O)/C=C(\C)CCC(O)CC(O)C(O)C(C)C(O)C(O)C/C=C/CC(O)/C=C/CCCCCS(=O)(=O)O)O3)O2)C[C@@H](O)[C@H]1O. The van der Waals surface area contributed by atoms with Crippen LogP contribution in [0.25, 0.3) is 0 Å². The molecule has 44 atom stereocenters. The first-order chi connectivity index (χ1) is 68.9. The summed E-state index contributed by atoms with van der Waals surface area (Å²) in [4.78, 5) is 0. The summed E-state index contributed by atoms with van der Waals surface area (Å²) < 4.78 is 47.8. The lowest BCUT2D eigenvalue weighted by molar-refractivity contribution is -0.234. The Morgan fingerprint density at radius 3 is 1.16 bits per heavy atom. The van der Waals surface area contributed by atoms with E-state index in [9.17, 15) is 192 Å². The minimum Gasteiger partial charge on any atom is -0.393 e. The van der Waals surface area contributed by atoms with Crippen molar-refractivity contribution in [3.8, 4) is 0 Å². The molecule has 0 aliphatic carbocycles. The zero-order chi connectivity index (χ0) is 111. The molecule has 3 rings (SSSR count). The van der Waals surface area contributed by atoms with E-state index in [0.29, 0.717) is 49.7 Å². The second kappa shape index (κ2) is 71.2. The monoisotopic (exact) mass is 2130 g/mol. The van der Waals surface area contributed by atoms with Gasteiger partial charge in [-0.05, 0) is 166 Å². The Bertz CT molecular complexity index is 4060. The molecule has 3 aliphatic rings. The van der Waals surface area contributed by atoms with Crippen LogP contribution in [0, 0.1) is 11.8 Å². The van der Waals surface area contributed by atoms with Crippen molar-refractivity contribution in [3.05, 3.63) is 157 Å². The van der Waals surface area contributed by atoms with E-state index in [1.54, 1.807) is 49.5 Å². The van der Waals surface area contributed by atoms with Gasteiger partial charge in [-0.15, -0.1) is 6.58 Å². The second-order valence-electron chi connectivity index (χ2n) is 40.0. The maximum atomic E-state index is 11.2. The van der Waals surface area contributed by atoms with Crippen LogP contribution in [0.2, 0.25) is 0 Å². The summed E-state index contributed by atoms with van der Waals surface area (Å²) in [6.45, 7) is 17.0. The number of hydrogen-bond donors (Lipinski definition) is 37. The third-order valence-electron chi connectivity index (χ3n) is 27.2. The number of allylic oxidation sites excluding steroid dienone is 8. The molecular weight excluding hydrogens is 1950 g/mol. The van der Waals surface area contributed by atoms with Gasteiger partial charge >= 0.3 is 0 Å². The number of ether oxygens (including phenoxy) is 3. The summed E-state index contributed by atoms with van der Waals surface area (Å²) in [6.07, 6.45) is -35.4. The third kappa shape index (κ3) is 51.0. The number of hydrogen-bond acceptors (Lipinski definition) is 41. The van der Waals surface area contributed by atoms with Crippen LogP contribution in [-0.2, 0) is 24.3 Å². The van der Waals surface area contributed by atoms with Crippen LogP contribution in [0.3, 0.4) is 0 Å². The lowest BCUT2D eigenvalue weighted by atomic mass is 9.86. The molecule has 0 aromatic carbocycles. The van der Waals surface area contributed by atoms with E-state index >= 15 is 0 Å². The van der Waals surface area contributed by atoms with Crippen molar-refractivity contribution in [1.29, 1.82) is 0 Å². The summed E-state index contributed by atoms with van der Waals surface area (Å²) in [5, 5.41) is 389. The third-order valence-corrected chi connectivity index (χ3v) is 28.1. The van der Waals surface area contributed by atoms with Crippen molar-refractivity contribution in [1.82, 2.24) is 0 Å². The molecule has 0 spiro atoms. The molecule has 3 aliphatic heterocycles. The van der Waals surface area contributed by atoms with Crippen molar-refractivity contribution in [3.63, 3.8) is 0 Å². The highest BCUT2D eigenvalue weighted by Gasteiger charge is 2.49. The second-order valence-corrected chi connectivity index (χ2v) is 41.6. The van der Waals surface area contributed by atoms with E-state index in [2.05, 4.69) is 19.7 Å². The standard InChI is InChI=1S/C104H178O42S/c1-8-9-26-63(105)28-14-15-29-65(107)31-19-23-39-75(117)95(134)102-100(139)84(126)56-87(146-102)101(140)89(128)60(5)43-47-72(114)86-55-83(125)99(138)104(145-86)97(136)78(120)50-58(3)41-45-69(111)52-80(122)93(132)62(7)91(130)74(116)38-22-18-33-67(109)35-25-34-66(108)32-16-20-36-70(112)76(118)53-81(123)94(133)88(127)59(4)42-46-71(113)85-54-82(124)98(137)103(144-85)96(135)77(119)49-57(2)40-44-68(110)51-79(121)92(131)61(6)90(129)73(115)37-21-17-30-64(106)27-13-11-10-12-24-48-147(141,142)143/h8,13-15,17-18,20-23,25,27-29,35-36,39,49-50,61-140H,1,4-5,9-12,16,19,24,26,30-34,37-38,40-48,51-56H2,2-3,6-7H3,(H,141,142,143)/b21-17+,22-18+,27-13+,28-14+,29-15+,35-25+,36-20+,39-23+,57-49+,58-50+/t61?,62?,63?,64?,65?,66?,67?,68?,69?,70?,71?,72?,73?,74?,75?,76?,77?,78?,79?,80?,81?,82-,83-,84-,85-,86-,87-,88?,89?,90?,91?,92?,93?,94?,95+,96?,97?,98-,99-,100-,101?,102+,103+,104+/m1/s1. The van der Waals surface area contributed by atoms with Gasteiger partial charge in [0.05, 0.1) is 164 Å². The smallest absolute Gasteiger partial charge is 0.264 e. The van der Waals surface area contributed by atoms with E-state index in [4.69, 9.17) is 18.8 Å². The Kier molecular flexibility index (Phi) is 65.9. The maximum Gasteiger partial charge on any atom is 0.264 e. The zero-order valence-corrected chi connectivity index (χ0v) is 85.5. The van der Waals surface area contributed by atoms with Crippen LogP contribution in [0.5, 0.6) is 0 Å².